The first-order valence-electron chi connectivity index (χ1n) is 11.4. The number of thiophene rings is 1. The van der Waals surface area contributed by atoms with Crippen LogP contribution in [0.3, 0.4) is 0 Å². The van der Waals surface area contributed by atoms with E-state index in [1.807, 2.05) is 30.8 Å². The Morgan fingerprint density at radius 3 is 2.76 bits per heavy atom. The van der Waals surface area contributed by atoms with Gasteiger partial charge in [0.1, 0.15) is 5.65 Å². The Balaban J connectivity index is 1.30. The van der Waals surface area contributed by atoms with Crippen LogP contribution in [0.25, 0.3) is 16.6 Å². The highest BCUT2D eigenvalue weighted by Crippen LogP contribution is 2.50. The van der Waals surface area contributed by atoms with Crippen LogP contribution in [0.2, 0.25) is 0 Å². The number of aromatic nitrogens is 3. The van der Waals surface area contributed by atoms with Crippen molar-refractivity contribution in [1.29, 1.82) is 0 Å². The fraction of sp³-hybridized carbons (Fsp3) is 0.308. The number of aromatic amines is 1. The molecule has 0 saturated carbocycles. The van der Waals surface area contributed by atoms with E-state index in [9.17, 15) is 4.79 Å². The summed E-state index contributed by atoms with van der Waals surface area (Å²) in [5.41, 5.74) is 11.7. The van der Waals surface area contributed by atoms with E-state index >= 15 is 0 Å². The van der Waals surface area contributed by atoms with Gasteiger partial charge in [-0.3, -0.25) is 9.36 Å². The highest BCUT2D eigenvalue weighted by Gasteiger charge is 2.46. The zero-order valence-corrected chi connectivity index (χ0v) is 19.5. The molecule has 1 saturated heterocycles. The van der Waals surface area contributed by atoms with Crippen LogP contribution >= 0.6 is 11.3 Å². The molecule has 168 valence electrons. The molecule has 1 aliphatic heterocycles. The van der Waals surface area contributed by atoms with Gasteiger partial charge in [-0.15, -0.1) is 11.3 Å². The quantitative estimate of drug-likeness (QED) is 0.483. The van der Waals surface area contributed by atoms with Gasteiger partial charge < -0.3 is 15.6 Å². The minimum absolute atomic E-state index is 0.0470. The predicted molar refractivity (Wildman–Crippen MR) is 135 cm³/mol. The molecule has 6 nitrogen and oxygen atoms in total. The third-order valence-electron chi connectivity index (χ3n) is 7.67. The lowest BCUT2D eigenvalue weighted by molar-refractivity contribution is 0.186. The number of benzene rings is 1. The molecule has 1 aromatic carbocycles. The van der Waals surface area contributed by atoms with Crippen LogP contribution in [0.5, 0.6) is 0 Å². The van der Waals surface area contributed by atoms with E-state index in [0.717, 1.165) is 48.4 Å². The van der Waals surface area contributed by atoms with Crippen molar-refractivity contribution < 1.29 is 0 Å². The summed E-state index contributed by atoms with van der Waals surface area (Å²) in [6.45, 7) is 5.90. The molecule has 6 rings (SSSR count). The van der Waals surface area contributed by atoms with Crippen molar-refractivity contribution >= 4 is 33.9 Å². The second-order valence-electron chi connectivity index (χ2n) is 9.36. The smallest absolute Gasteiger partial charge is 0.264 e. The molecule has 2 aliphatic rings. The van der Waals surface area contributed by atoms with Gasteiger partial charge in [-0.05, 0) is 52.8 Å². The van der Waals surface area contributed by atoms with E-state index < -0.39 is 0 Å². The molecule has 4 aromatic rings. The van der Waals surface area contributed by atoms with Crippen molar-refractivity contribution in [1.82, 2.24) is 14.5 Å². The van der Waals surface area contributed by atoms with E-state index in [-0.39, 0.29) is 17.0 Å². The number of nitrogens with zero attached hydrogens (tertiary/aromatic N) is 3. The van der Waals surface area contributed by atoms with E-state index in [2.05, 4.69) is 40.7 Å². The van der Waals surface area contributed by atoms with Crippen LogP contribution < -0.4 is 16.2 Å². The molecule has 3 aromatic heterocycles. The van der Waals surface area contributed by atoms with E-state index in [1.165, 1.54) is 11.1 Å². The molecule has 0 bridgehead atoms. The Hall–Kier alpha value is -3.16. The van der Waals surface area contributed by atoms with Crippen molar-refractivity contribution in [2.75, 3.05) is 18.0 Å². The number of rotatable bonds is 3. The molecule has 1 atom stereocenters. The summed E-state index contributed by atoms with van der Waals surface area (Å²) in [7, 11) is 1.82. The fourth-order valence-electron chi connectivity index (χ4n) is 5.71. The summed E-state index contributed by atoms with van der Waals surface area (Å²) in [6, 6.07) is 12.7. The molecular formula is C26H27N5OS. The minimum Gasteiger partial charge on any atom is -0.345 e. The molecule has 1 fully saturated rings. The summed E-state index contributed by atoms with van der Waals surface area (Å²) in [6.07, 6.45) is 4.86. The van der Waals surface area contributed by atoms with Gasteiger partial charge in [-0.25, -0.2) is 0 Å². The van der Waals surface area contributed by atoms with E-state index in [0.29, 0.717) is 17.0 Å². The lowest BCUT2D eigenvalue weighted by Crippen LogP contribution is -2.46. The van der Waals surface area contributed by atoms with Gasteiger partial charge in [0.2, 0.25) is 5.95 Å². The van der Waals surface area contributed by atoms with Crippen molar-refractivity contribution in [2.24, 2.45) is 18.2 Å². The highest BCUT2D eigenvalue weighted by atomic mass is 32.1. The van der Waals surface area contributed by atoms with E-state index in [1.54, 1.807) is 15.9 Å². The summed E-state index contributed by atoms with van der Waals surface area (Å²) in [5, 5.41) is 2.61. The third kappa shape index (κ3) is 3.03. The lowest BCUT2D eigenvalue weighted by Gasteiger charge is -2.42. The summed E-state index contributed by atoms with van der Waals surface area (Å²) in [5.74, 6) is 0.710. The maximum Gasteiger partial charge on any atom is 0.264 e. The Morgan fingerprint density at radius 1 is 1.24 bits per heavy atom. The molecule has 33 heavy (non-hydrogen) atoms. The summed E-state index contributed by atoms with van der Waals surface area (Å²) < 4.78 is 1.68. The number of hydrogen-bond donors (Lipinski definition) is 2. The standard InChI is InChI=1S/C26H27N5OS/c1-16(20-8-5-13-33-20)19-15-28-23-21(19)24(32)30(2)25(29-23)31-11-9-26(10-12-31)14-17-6-3-4-7-18(17)22(26)27/h3-8,13,15,22,28H,1,9-12,14,27H2,2H3/t22-/m1/s1. The van der Waals surface area contributed by atoms with Gasteiger partial charge >= 0.3 is 0 Å². The average Bonchev–Trinajstić information content (AvgIpc) is 3.56. The largest absolute Gasteiger partial charge is 0.345 e. The second kappa shape index (κ2) is 7.43. The zero-order valence-electron chi connectivity index (χ0n) is 18.7. The SMILES string of the molecule is C=C(c1cccs1)c1c[nH]c2nc(N3CCC4(CC3)Cc3ccccc3[C@H]4N)n(C)c(=O)c12. The van der Waals surface area contributed by atoms with Gasteiger partial charge in [-0.2, -0.15) is 4.98 Å². The van der Waals surface area contributed by atoms with Gasteiger partial charge in [0, 0.05) is 42.8 Å². The highest BCUT2D eigenvalue weighted by molar-refractivity contribution is 7.11. The Kier molecular flexibility index (Phi) is 4.61. The number of anilines is 1. The maximum absolute atomic E-state index is 13.4. The normalized spacial score (nSPS) is 19.3. The number of nitrogens with one attached hydrogen (secondary N) is 1. The van der Waals surface area contributed by atoms with Gasteiger partial charge in [-0.1, -0.05) is 36.9 Å². The topological polar surface area (TPSA) is 79.9 Å². The van der Waals surface area contributed by atoms with E-state index in [4.69, 9.17) is 10.7 Å². The molecule has 0 unspecified atom stereocenters. The van der Waals surface area contributed by atoms with Gasteiger partial charge in [0.25, 0.3) is 5.56 Å². The first kappa shape index (κ1) is 20.4. The van der Waals surface area contributed by atoms with Crippen LogP contribution in [0, 0.1) is 5.41 Å². The molecule has 1 spiro atoms. The summed E-state index contributed by atoms with van der Waals surface area (Å²) >= 11 is 1.62. The van der Waals surface area contributed by atoms with Crippen LogP contribution in [0.4, 0.5) is 5.95 Å². The first-order chi connectivity index (χ1) is 16.0. The number of nitrogens with two attached hydrogens (primary N) is 1. The second-order valence-corrected chi connectivity index (χ2v) is 10.3. The number of fused-ring (bicyclic) bond motifs is 2. The number of piperidine rings is 1. The maximum atomic E-state index is 13.4. The average molecular weight is 458 g/mol. The van der Waals surface area contributed by atoms with Crippen molar-refractivity contribution in [3.05, 3.63) is 86.5 Å². The van der Waals surface area contributed by atoms with Crippen LogP contribution in [-0.2, 0) is 13.5 Å². The molecule has 4 heterocycles. The Bertz CT molecular complexity index is 1420. The Morgan fingerprint density at radius 2 is 2.03 bits per heavy atom. The zero-order chi connectivity index (χ0) is 22.7. The molecule has 7 heteroatoms. The van der Waals surface area contributed by atoms with Crippen LogP contribution in [-0.4, -0.2) is 27.6 Å². The number of hydrogen-bond acceptors (Lipinski definition) is 5. The number of H-pyrrole nitrogens is 1. The molecule has 3 N–H and O–H groups in total. The molecule has 0 amide bonds. The van der Waals surface area contributed by atoms with Crippen LogP contribution in [0.1, 0.15) is 40.5 Å². The third-order valence-corrected chi connectivity index (χ3v) is 8.60. The Labute approximate surface area is 196 Å². The minimum atomic E-state index is -0.0470. The molecule has 1 aliphatic carbocycles. The summed E-state index contributed by atoms with van der Waals surface area (Å²) in [4.78, 5) is 24.8. The van der Waals surface area contributed by atoms with Crippen LogP contribution in [0.15, 0.2) is 59.3 Å². The van der Waals surface area contributed by atoms with Crippen molar-refractivity contribution in [3.63, 3.8) is 0 Å². The molecular weight excluding hydrogens is 430 g/mol. The van der Waals surface area contributed by atoms with Gasteiger partial charge in [0.15, 0.2) is 0 Å². The monoisotopic (exact) mass is 457 g/mol. The van der Waals surface area contributed by atoms with Crippen molar-refractivity contribution in [2.45, 2.75) is 25.3 Å². The molecule has 0 radical (unpaired) electrons. The lowest BCUT2D eigenvalue weighted by atomic mass is 9.73. The van der Waals surface area contributed by atoms with Gasteiger partial charge in [0.05, 0.1) is 5.39 Å². The predicted octanol–water partition coefficient (Wildman–Crippen LogP) is 4.23. The first-order valence-corrected chi connectivity index (χ1v) is 12.3. The van der Waals surface area contributed by atoms with Crippen molar-refractivity contribution in [3.8, 4) is 0 Å². The fourth-order valence-corrected chi connectivity index (χ4v) is 6.43.